The van der Waals surface area contributed by atoms with E-state index >= 15 is 0 Å². The average molecular weight is 351 g/mol. The Kier molecular flexibility index (Phi) is 6.25. The van der Waals surface area contributed by atoms with Gasteiger partial charge in [-0.15, -0.1) is 0 Å². The van der Waals surface area contributed by atoms with Gasteiger partial charge in [-0.05, 0) is 43.2 Å². The van der Waals surface area contributed by atoms with Gasteiger partial charge >= 0.3 is 0 Å². The monoisotopic (exact) mass is 350 g/mol. The molecular formula is C19H24ClFOSi. The minimum atomic E-state index is -1.47. The van der Waals surface area contributed by atoms with Crippen molar-refractivity contribution in [2.24, 2.45) is 0 Å². The first-order valence-corrected chi connectivity index (χ1v) is 11.7. The minimum Gasteiger partial charge on any atom is -0.494 e. The van der Waals surface area contributed by atoms with Crippen molar-refractivity contribution in [3.8, 4) is 5.75 Å². The number of benzene rings is 2. The quantitative estimate of drug-likeness (QED) is 0.605. The van der Waals surface area contributed by atoms with E-state index < -0.39 is 8.07 Å². The van der Waals surface area contributed by atoms with Gasteiger partial charge in [-0.2, -0.15) is 0 Å². The predicted molar refractivity (Wildman–Crippen MR) is 99.3 cm³/mol. The van der Waals surface area contributed by atoms with Crippen LogP contribution in [0, 0.1) is 5.82 Å². The topological polar surface area (TPSA) is 9.23 Å². The number of aryl methyl sites for hydroxylation is 1. The Hall–Kier alpha value is -1.32. The zero-order valence-corrected chi connectivity index (χ0v) is 15.8. The molecule has 0 atom stereocenters. The van der Waals surface area contributed by atoms with Gasteiger partial charge < -0.3 is 4.74 Å². The van der Waals surface area contributed by atoms with Crippen LogP contribution in [0.1, 0.15) is 18.9 Å². The summed E-state index contributed by atoms with van der Waals surface area (Å²) in [6.45, 7) is 7.47. The number of ether oxygens (including phenoxy) is 1. The first kappa shape index (κ1) is 18.0. The van der Waals surface area contributed by atoms with Gasteiger partial charge in [0.1, 0.15) is 11.6 Å². The van der Waals surface area contributed by atoms with E-state index in [1.165, 1.54) is 17.3 Å². The van der Waals surface area contributed by atoms with Crippen molar-refractivity contribution >= 4 is 24.9 Å². The Labute approximate surface area is 144 Å². The van der Waals surface area contributed by atoms with E-state index in [4.69, 9.17) is 16.3 Å². The Morgan fingerprint density at radius 3 is 2.39 bits per heavy atom. The predicted octanol–water partition coefficient (Wildman–Crippen LogP) is 5.43. The van der Waals surface area contributed by atoms with Gasteiger partial charge in [0.25, 0.3) is 0 Å². The molecule has 2 aromatic rings. The molecule has 0 fully saturated rings. The van der Waals surface area contributed by atoms with E-state index in [9.17, 15) is 4.39 Å². The maximum atomic E-state index is 13.2. The van der Waals surface area contributed by atoms with E-state index in [-0.39, 0.29) is 10.8 Å². The smallest absolute Gasteiger partial charge is 0.141 e. The Morgan fingerprint density at radius 2 is 1.78 bits per heavy atom. The van der Waals surface area contributed by atoms with Gasteiger partial charge in [-0.3, -0.25) is 0 Å². The fourth-order valence-electron chi connectivity index (χ4n) is 2.74. The number of hydrogen-bond donors (Lipinski definition) is 0. The fourth-order valence-corrected chi connectivity index (χ4v) is 5.36. The molecule has 0 amide bonds. The van der Waals surface area contributed by atoms with Crippen LogP contribution in [-0.2, 0) is 6.42 Å². The Bertz CT molecular complexity index is 640. The first-order chi connectivity index (χ1) is 10.9. The summed E-state index contributed by atoms with van der Waals surface area (Å²) in [5, 5.41) is 1.66. The molecule has 0 aliphatic rings. The minimum absolute atomic E-state index is 0.213. The summed E-state index contributed by atoms with van der Waals surface area (Å²) >= 11 is 5.84. The first-order valence-electron chi connectivity index (χ1n) is 8.09. The zero-order valence-electron chi connectivity index (χ0n) is 14.0. The summed E-state index contributed by atoms with van der Waals surface area (Å²) in [4.78, 5) is 0. The summed E-state index contributed by atoms with van der Waals surface area (Å²) in [5.41, 5.74) is 1.10. The molecule has 0 spiro atoms. The van der Waals surface area contributed by atoms with Gasteiger partial charge in [-0.25, -0.2) is 4.39 Å². The van der Waals surface area contributed by atoms with E-state index in [0.717, 1.165) is 24.2 Å². The molecule has 2 aromatic carbocycles. The van der Waals surface area contributed by atoms with E-state index in [1.807, 2.05) is 13.0 Å². The van der Waals surface area contributed by atoms with Crippen LogP contribution >= 0.6 is 11.6 Å². The average Bonchev–Trinajstić information content (AvgIpc) is 2.51. The highest BCUT2D eigenvalue weighted by molar-refractivity contribution is 6.89. The molecule has 0 saturated carbocycles. The van der Waals surface area contributed by atoms with Crippen molar-refractivity contribution in [1.82, 2.24) is 0 Å². The lowest BCUT2D eigenvalue weighted by molar-refractivity contribution is 0.340. The van der Waals surface area contributed by atoms with Crippen LogP contribution in [0.4, 0.5) is 4.39 Å². The molecule has 0 aliphatic heterocycles. The van der Waals surface area contributed by atoms with Crippen LogP contribution < -0.4 is 9.92 Å². The normalized spacial score (nSPS) is 11.5. The Balaban J connectivity index is 1.93. The van der Waals surface area contributed by atoms with Gasteiger partial charge in [0.15, 0.2) is 0 Å². The second-order valence-electron chi connectivity index (χ2n) is 6.44. The van der Waals surface area contributed by atoms with Crippen molar-refractivity contribution in [3.05, 3.63) is 58.9 Å². The number of rotatable bonds is 7. The highest BCUT2D eigenvalue weighted by Crippen LogP contribution is 2.20. The van der Waals surface area contributed by atoms with Crippen molar-refractivity contribution < 1.29 is 9.13 Å². The van der Waals surface area contributed by atoms with Crippen LogP contribution in [0.25, 0.3) is 0 Å². The van der Waals surface area contributed by atoms with Crippen molar-refractivity contribution in [1.29, 1.82) is 0 Å². The molecule has 0 saturated heterocycles. The molecule has 1 nitrogen and oxygen atoms in total. The lowest BCUT2D eigenvalue weighted by Gasteiger charge is -2.23. The van der Waals surface area contributed by atoms with Gasteiger partial charge in [0.05, 0.1) is 19.7 Å². The standard InChI is InChI=1S/C19H24ClFOSi/c1-4-22-16-8-10-17(11-9-16)23(2,3)13-5-6-15-7-12-19(21)18(20)14-15/h7-12,14H,4-6,13H2,1-3H3. The van der Waals surface area contributed by atoms with Crippen LogP contribution in [0.3, 0.4) is 0 Å². The molecule has 4 heteroatoms. The molecule has 0 heterocycles. The lowest BCUT2D eigenvalue weighted by atomic mass is 10.1. The third-order valence-electron chi connectivity index (χ3n) is 4.20. The van der Waals surface area contributed by atoms with Crippen LogP contribution in [0.2, 0.25) is 24.2 Å². The van der Waals surface area contributed by atoms with Crippen LogP contribution in [-0.4, -0.2) is 14.7 Å². The SMILES string of the molecule is CCOc1ccc([Si](C)(C)CCCc2ccc(F)c(Cl)c2)cc1. The number of halogens is 2. The third-order valence-corrected chi connectivity index (χ3v) is 7.99. The molecule has 124 valence electrons. The third kappa shape index (κ3) is 5.08. The number of hydrogen-bond acceptors (Lipinski definition) is 1. The molecule has 0 bridgehead atoms. The molecular weight excluding hydrogens is 327 g/mol. The van der Waals surface area contributed by atoms with Crippen molar-refractivity contribution in [2.75, 3.05) is 6.61 Å². The second-order valence-corrected chi connectivity index (χ2v) is 11.7. The summed E-state index contributed by atoms with van der Waals surface area (Å²) < 4.78 is 18.7. The largest absolute Gasteiger partial charge is 0.494 e. The highest BCUT2D eigenvalue weighted by atomic mass is 35.5. The van der Waals surface area contributed by atoms with Gasteiger partial charge in [0, 0.05) is 0 Å². The van der Waals surface area contributed by atoms with Crippen molar-refractivity contribution in [2.45, 2.75) is 38.9 Å². The fraction of sp³-hybridized carbons (Fsp3) is 0.368. The van der Waals surface area contributed by atoms with E-state index in [2.05, 4.69) is 37.4 Å². The Morgan fingerprint density at radius 1 is 1.09 bits per heavy atom. The second kappa shape index (κ2) is 7.98. The molecule has 0 aliphatic carbocycles. The molecule has 23 heavy (non-hydrogen) atoms. The molecule has 2 rings (SSSR count). The van der Waals surface area contributed by atoms with E-state index in [1.54, 1.807) is 6.07 Å². The summed E-state index contributed by atoms with van der Waals surface area (Å²) in [5.74, 6) is 0.585. The summed E-state index contributed by atoms with van der Waals surface area (Å²) in [6, 6.07) is 14.7. The highest BCUT2D eigenvalue weighted by Gasteiger charge is 2.22. The van der Waals surface area contributed by atoms with E-state index in [0.29, 0.717) is 6.61 Å². The van der Waals surface area contributed by atoms with Gasteiger partial charge in [0.2, 0.25) is 0 Å². The maximum absolute atomic E-state index is 13.2. The molecule has 0 N–H and O–H groups in total. The van der Waals surface area contributed by atoms with Crippen molar-refractivity contribution in [3.63, 3.8) is 0 Å². The maximum Gasteiger partial charge on any atom is 0.141 e. The lowest BCUT2D eigenvalue weighted by Crippen LogP contribution is -2.41. The molecule has 0 radical (unpaired) electrons. The summed E-state index contributed by atoms with van der Waals surface area (Å²) in [6.07, 6.45) is 2.03. The van der Waals surface area contributed by atoms with Gasteiger partial charge in [-0.1, -0.05) is 60.5 Å². The zero-order chi connectivity index (χ0) is 16.9. The molecule has 0 aromatic heterocycles. The summed E-state index contributed by atoms with van der Waals surface area (Å²) in [7, 11) is -1.47. The van der Waals surface area contributed by atoms with Crippen LogP contribution in [0.15, 0.2) is 42.5 Å². The van der Waals surface area contributed by atoms with Crippen LogP contribution in [0.5, 0.6) is 5.75 Å². The molecule has 0 unspecified atom stereocenters.